The Hall–Kier alpha value is -2.54. The fourth-order valence-corrected chi connectivity index (χ4v) is 7.15. The molecule has 2 bridgehead atoms. The molecular weight excluding hydrogens is 410 g/mol. The summed E-state index contributed by atoms with van der Waals surface area (Å²) in [5.74, 6) is 2.75. The minimum absolute atomic E-state index is 0.243. The van der Waals surface area contributed by atoms with Crippen LogP contribution in [-0.2, 0) is 10.8 Å². The molecule has 0 heterocycles. The van der Waals surface area contributed by atoms with Gasteiger partial charge in [-0.1, -0.05) is 76.6 Å². The number of fused-ring (bicyclic) bond motifs is 3. The van der Waals surface area contributed by atoms with Crippen LogP contribution >= 0.6 is 0 Å². The van der Waals surface area contributed by atoms with Gasteiger partial charge in [0.05, 0.1) is 0 Å². The lowest BCUT2D eigenvalue weighted by atomic mass is 9.63. The average molecular weight is 450 g/mol. The zero-order valence-electron chi connectivity index (χ0n) is 21.3. The molecule has 3 atom stereocenters. The fraction of sp³-hybridized carbons (Fsp3) is 0.455. The van der Waals surface area contributed by atoms with Crippen LogP contribution in [0.25, 0.3) is 11.1 Å². The highest BCUT2D eigenvalue weighted by Crippen LogP contribution is 2.53. The quantitative estimate of drug-likeness (QED) is 0.418. The molecule has 0 saturated heterocycles. The second-order valence-electron chi connectivity index (χ2n) is 12.6. The summed E-state index contributed by atoms with van der Waals surface area (Å²) in [6, 6.07) is 25.4. The number of rotatable bonds is 4. The molecular formula is C33H39N. The second kappa shape index (κ2) is 8.01. The van der Waals surface area contributed by atoms with E-state index < -0.39 is 0 Å². The second-order valence-corrected chi connectivity index (χ2v) is 12.6. The Morgan fingerprint density at radius 1 is 0.647 bits per heavy atom. The molecule has 0 aliphatic heterocycles. The molecule has 1 N–H and O–H groups in total. The van der Waals surface area contributed by atoms with Gasteiger partial charge in [0.1, 0.15) is 0 Å². The standard InChI is InChI=1S/C33H39N/c1-32(2)17-18-33(3,4)31-21-25(11-16-30(31)32)23-7-12-27(13-8-23)34-28-14-9-24(10-15-28)29-20-22-5-6-26(29)19-22/h7-16,21-22,26,29,34H,5-6,17-20H2,1-4H3. The van der Waals surface area contributed by atoms with Crippen LogP contribution in [0.3, 0.4) is 0 Å². The van der Waals surface area contributed by atoms with Crippen molar-refractivity contribution in [1.82, 2.24) is 0 Å². The van der Waals surface area contributed by atoms with Crippen LogP contribution in [-0.4, -0.2) is 0 Å². The van der Waals surface area contributed by atoms with Crippen molar-refractivity contribution in [3.05, 3.63) is 83.4 Å². The predicted molar refractivity (Wildman–Crippen MR) is 145 cm³/mol. The van der Waals surface area contributed by atoms with E-state index in [1.165, 1.54) is 66.5 Å². The van der Waals surface area contributed by atoms with Gasteiger partial charge in [-0.2, -0.15) is 0 Å². The molecule has 1 heteroatoms. The van der Waals surface area contributed by atoms with E-state index in [0.29, 0.717) is 0 Å². The van der Waals surface area contributed by atoms with Gasteiger partial charge in [0.2, 0.25) is 0 Å². The maximum absolute atomic E-state index is 3.61. The Bertz CT molecular complexity index is 1180. The van der Waals surface area contributed by atoms with Gasteiger partial charge in [-0.05, 0) is 113 Å². The third-order valence-corrected chi connectivity index (χ3v) is 9.44. The summed E-state index contributed by atoms with van der Waals surface area (Å²) in [6.07, 6.45) is 8.31. The first-order valence-electron chi connectivity index (χ1n) is 13.4. The Balaban J connectivity index is 1.18. The maximum atomic E-state index is 3.61. The van der Waals surface area contributed by atoms with Crippen LogP contribution in [0.4, 0.5) is 11.4 Å². The highest BCUT2D eigenvalue weighted by atomic mass is 14.9. The fourth-order valence-electron chi connectivity index (χ4n) is 7.15. The molecule has 3 aromatic carbocycles. The van der Waals surface area contributed by atoms with Crippen molar-refractivity contribution in [1.29, 1.82) is 0 Å². The minimum Gasteiger partial charge on any atom is -0.356 e. The molecule has 0 aromatic heterocycles. The van der Waals surface area contributed by atoms with Gasteiger partial charge in [-0.25, -0.2) is 0 Å². The van der Waals surface area contributed by atoms with Crippen molar-refractivity contribution in [2.45, 2.75) is 83.0 Å². The summed E-state index contributed by atoms with van der Waals surface area (Å²) in [6.45, 7) is 9.60. The Morgan fingerprint density at radius 3 is 1.88 bits per heavy atom. The SMILES string of the molecule is CC1(C)CCC(C)(C)c2cc(-c3ccc(Nc4ccc(C5CC6CCC5C6)cc4)cc3)ccc21. The zero-order chi connectivity index (χ0) is 23.5. The van der Waals surface area contributed by atoms with E-state index in [9.17, 15) is 0 Å². The zero-order valence-corrected chi connectivity index (χ0v) is 21.3. The number of nitrogens with one attached hydrogen (secondary N) is 1. The first-order valence-corrected chi connectivity index (χ1v) is 13.4. The lowest BCUT2D eigenvalue weighted by Gasteiger charge is -2.42. The topological polar surface area (TPSA) is 12.0 Å². The predicted octanol–water partition coefficient (Wildman–Crippen LogP) is 9.35. The highest BCUT2D eigenvalue weighted by Gasteiger charge is 2.40. The molecule has 3 aliphatic carbocycles. The van der Waals surface area contributed by atoms with Gasteiger partial charge in [0, 0.05) is 11.4 Å². The van der Waals surface area contributed by atoms with E-state index in [4.69, 9.17) is 0 Å². The van der Waals surface area contributed by atoms with Crippen LogP contribution in [0, 0.1) is 11.8 Å². The molecule has 3 aliphatic rings. The summed E-state index contributed by atoms with van der Waals surface area (Å²) >= 11 is 0. The average Bonchev–Trinajstić information content (AvgIpc) is 3.47. The van der Waals surface area contributed by atoms with Gasteiger partial charge in [-0.15, -0.1) is 0 Å². The molecule has 6 rings (SSSR count). The third kappa shape index (κ3) is 3.88. The summed E-state index contributed by atoms with van der Waals surface area (Å²) < 4.78 is 0. The maximum Gasteiger partial charge on any atom is 0.0384 e. The van der Waals surface area contributed by atoms with E-state index in [2.05, 4.69) is 99.7 Å². The summed E-state index contributed by atoms with van der Waals surface area (Å²) in [5.41, 5.74) is 10.1. The van der Waals surface area contributed by atoms with Crippen molar-refractivity contribution in [3.8, 4) is 11.1 Å². The Labute approximate surface area is 206 Å². The molecule has 1 nitrogen and oxygen atoms in total. The molecule has 3 aromatic rings. The monoisotopic (exact) mass is 449 g/mol. The van der Waals surface area contributed by atoms with Gasteiger partial charge in [-0.3, -0.25) is 0 Å². The van der Waals surface area contributed by atoms with Crippen molar-refractivity contribution < 1.29 is 0 Å². The van der Waals surface area contributed by atoms with Crippen LogP contribution in [0.2, 0.25) is 0 Å². The number of anilines is 2. The molecule has 0 amide bonds. The lowest BCUT2D eigenvalue weighted by Crippen LogP contribution is -2.33. The largest absolute Gasteiger partial charge is 0.356 e. The smallest absolute Gasteiger partial charge is 0.0384 e. The van der Waals surface area contributed by atoms with Crippen LogP contribution in [0.1, 0.15) is 88.8 Å². The molecule has 176 valence electrons. The van der Waals surface area contributed by atoms with E-state index in [0.717, 1.165) is 23.4 Å². The Morgan fingerprint density at radius 2 is 1.26 bits per heavy atom. The molecule has 2 saturated carbocycles. The van der Waals surface area contributed by atoms with E-state index in [1.54, 1.807) is 5.56 Å². The summed E-state index contributed by atoms with van der Waals surface area (Å²) in [4.78, 5) is 0. The van der Waals surface area contributed by atoms with Gasteiger partial charge < -0.3 is 5.32 Å². The molecule has 34 heavy (non-hydrogen) atoms. The molecule has 0 spiro atoms. The number of hydrogen-bond acceptors (Lipinski definition) is 1. The summed E-state index contributed by atoms with van der Waals surface area (Å²) in [7, 11) is 0. The minimum atomic E-state index is 0.243. The molecule has 2 fully saturated rings. The van der Waals surface area contributed by atoms with Crippen molar-refractivity contribution in [3.63, 3.8) is 0 Å². The van der Waals surface area contributed by atoms with Gasteiger partial charge in [0.15, 0.2) is 0 Å². The third-order valence-electron chi connectivity index (χ3n) is 9.44. The van der Waals surface area contributed by atoms with Gasteiger partial charge in [0.25, 0.3) is 0 Å². The van der Waals surface area contributed by atoms with Gasteiger partial charge >= 0.3 is 0 Å². The van der Waals surface area contributed by atoms with E-state index in [1.807, 2.05) is 0 Å². The van der Waals surface area contributed by atoms with E-state index >= 15 is 0 Å². The number of benzene rings is 3. The highest BCUT2D eigenvalue weighted by molar-refractivity contribution is 5.70. The van der Waals surface area contributed by atoms with Crippen molar-refractivity contribution in [2.75, 3.05) is 5.32 Å². The van der Waals surface area contributed by atoms with Crippen LogP contribution in [0.15, 0.2) is 66.7 Å². The molecule has 3 unspecified atom stereocenters. The number of hydrogen-bond donors (Lipinski definition) is 1. The first-order chi connectivity index (χ1) is 16.3. The van der Waals surface area contributed by atoms with Crippen molar-refractivity contribution >= 4 is 11.4 Å². The lowest BCUT2D eigenvalue weighted by molar-refractivity contribution is 0.332. The van der Waals surface area contributed by atoms with Crippen LogP contribution < -0.4 is 5.32 Å². The first kappa shape index (κ1) is 22.0. The van der Waals surface area contributed by atoms with Crippen LogP contribution in [0.5, 0.6) is 0 Å². The van der Waals surface area contributed by atoms with Crippen molar-refractivity contribution in [2.24, 2.45) is 11.8 Å². The summed E-state index contributed by atoms with van der Waals surface area (Å²) in [5, 5.41) is 3.61. The van der Waals surface area contributed by atoms with E-state index in [-0.39, 0.29) is 10.8 Å². The Kier molecular flexibility index (Phi) is 5.17. The normalized spacial score (nSPS) is 26.3. The molecule has 0 radical (unpaired) electrons.